The molecule has 0 unspecified atom stereocenters. The molecule has 1 aliphatic carbocycles. The van der Waals surface area contributed by atoms with Gasteiger partial charge in [0, 0.05) is 37.5 Å². The zero-order valence-electron chi connectivity index (χ0n) is 17.5. The average molecular weight is 388 g/mol. The molecule has 1 N–H and O–H groups in total. The van der Waals surface area contributed by atoms with Crippen molar-refractivity contribution in [1.82, 2.24) is 25.2 Å². The fraction of sp³-hybridized carbons (Fsp3) is 0.650. The number of hydrogen-bond acceptors (Lipinski definition) is 5. The van der Waals surface area contributed by atoms with Crippen molar-refractivity contribution < 1.29 is 13.9 Å². The fourth-order valence-electron chi connectivity index (χ4n) is 3.97. The molecule has 152 valence electrons. The summed E-state index contributed by atoms with van der Waals surface area (Å²) >= 11 is 0. The van der Waals surface area contributed by atoms with Crippen LogP contribution in [0.25, 0.3) is 0 Å². The first-order chi connectivity index (χ1) is 13.3. The van der Waals surface area contributed by atoms with Gasteiger partial charge in [0.25, 0.3) is 11.8 Å². The van der Waals surface area contributed by atoms with Gasteiger partial charge in [-0.15, -0.1) is 0 Å². The minimum atomic E-state index is -0.0628. The van der Waals surface area contributed by atoms with Gasteiger partial charge >= 0.3 is 0 Å². The van der Waals surface area contributed by atoms with Crippen LogP contribution >= 0.6 is 0 Å². The van der Waals surface area contributed by atoms with Crippen molar-refractivity contribution in [2.45, 2.75) is 84.5 Å². The lowest BCUT2D eigenvalue weighted by Crippen LogP contribution is -2.43. The summed E-state index contributed by atoms with van der Waals surface area (Å²) in [6.07, 6.45) is 5.57. The van der Waals surface area contributed by atoms with Crippen LogP contribution in [0.4, 0.5) is 0 Å². The topological polar surface area (TPSA) is 88.9 Å². The van der Waals surface area contributed by atoms with Crippen LogP contribution < -0.4 is 5.32 Å². The molecule has 0 bridgehead atoms. The number of aryl methyl sites for hydroxylation is 1. The minimum Gasteiger partial charge on any atom is -0.349 e. The van der Waals surface area contributed by atoms with Crippen molar-refractivity contribution in [2.75, 3.05) is 0 Å². The highest BCUT2D eigenvalue weighted by atomic mass is 16.5. The maximum atomic E-state index is 12.8. The lowest BCUT2D eigenvalue weighted by Gasteiger charge is -2.28. The van der Waals surface area contributed by atoms with Gasteiger partial charge < -0.3 is 9.84 Å². The predicted molar refractivity (Wildman–Crippen MR) is 106 cm³/mol. The molecule has 0 aromatic carbocycles. The summed E-state index contributed by atoms with van der Waals surface area (Å²) in [5, 5.41) is 11.4. The first-order valence-corrected chi connectivity index (χ1v) is 10.0. The van der Waals surface area contributed by atoms with E-state index in [0.717, 1.165) is 31.4 Å². The standard InChI is InChI=1S/C20H30N6O2/c1-12(2)26-13(3)18(11-21-26)19(27)23-16-8-7-9-17(10-16)25(6)14(4)20-22-15(5)24-28-20/h11-12,14,16-17H,6-10H2,1-5H3/p+1/t14-,16-,17+/m0/s1. The van der Waals surface area contributed by atoms with Gasteiger partial charge in [0.2, 0.25) is 6.04 Å². The zero-order chi connectivity index (χ0) is 20.4. The molecule has 3 rings (SSSR count). The quantitative estimate of drug-likeness (QED) is 0.608. The predicted octanol–water partition coefficient (Wildman–Crippen LogP) is 2.98. The second kappa shape index (κ2) is 8.24. The molecule has 2 aromatic rings. The largest absolute Gasteiger partial charge is 0.349 e. The molecule has 1 fully saturated rings. The Hall–Kier alpha value is -2.51. The van der Waals surface area contributed by atoms with Crippen molar-refractivity contribution >= 4 is 12.6 Å². The van der Waals surface area contributed by atoms with Gasteiger partial charge in [0.05, 0.1) is 11.8 Å². The third kappa shape index (κ3) is 4.15. The van der Waals surface area contributed by atoms with Crippen LogP contribution in [-0.4, -0.2) is 49.2 Å². The summed E-state index contributed by atoms with van der Waals surface area (Å²) in [6, 6.07) is 0.539. The van der Waals surface area contributed by atoms with Crippen molar-refractivity contribution in [2.24, 2.45) is 0 Å². The molecule has 0 radical (unpaired) electrons. The van der Waals surface area contributed by atoms with Crippen molar-refractivity contribution in [3.8, 4) is 0 Å². The van der Waals surface area contributed by atoms with E-state index in [4.69, 9.17) is 4.52 Å². The molecule has 2 aromatic heterocycles. The molecular weight excluding hydrogens is 356 g/mol. The van der Waals surface area contributed by atoms with Gasteiger partial charge in [0.1, 0.15) is 6.72 Å². The lowest BCUT2D eigenvalue weighted by molar-refractivity contribution is -0.603. The molecule has 0 spiro atoms. The number of rotatable bonds is 6. The van der Waals surface area contributed by atoms with E-state index in [1.54, 1.807) is 6.20 Å². The molecule has 3 atom stereocenters. The van der Waals surface area contributed by atoms with Crippen molar-refractivity contribution in [3.05, 3.63) is 29.2 Å². The minimum absolute atomic E-state index is 0.0498. The second-order valence-corrected chi connectivity index (χ2v) is 8.04. The maximum Gasteiger partial charge on any atom is 0.294 e. The second-order valence-electron chi connectivity index (χ2n) is 8.04. The van der Waals surface area contributed by atoms with Crippen LogP contribution in [-0.2, 0) is 0 Å². The Bertz CT molecular complexity index is 853. The normalized spacial score (nSPS) is 20.9. The summed E-state index contributed by atoms with van der Waals surface area (Å²) in [5.41, 5.74) is 1.55. The molecule has 2 heterocycles. The Morgan fingerprint density at radius 1 is 1.36 bits per heavy atom. The summed E-state index contributed by atoms with van der Waals surface area (Å²) in [7, 11) is 0. The SMILES string of the molecule is C=[N+]([C@@H]1CCC[C@H](NC(=O)c2cnn(C(C)C)c2C)C1)[C@@H](C)c1nc(C)no1. The number of aromatic nitrogens is 4. The van der Waals surface area contributed by atoms with E-state index in [0.29, 0.717) is 17.3 Å². The molecule has 1 saturated carbocycles. The molecule has 8 nitrogen and oxygen atoms in total. The van der Waals surface area contributed by atoms with E-state index < -0.39 is 0 Å². The molecule has 0 aliphatic heterocycles. The van der Waals surface area contributed by atoms with Gasteiger partial charge in [-0.05, 0) is 40.5 Å². The van der Waals surface area contributed by atoms with Crippen LogP contribution in [0.5, 0.6) is 0 Å². The summed E-state index contributed by atoms with van der Waals surface area (Å²) in [6.45, 7) is 14.1. The molecule has 0 saturated heterocycles. The van der Waals surface area contributed by atoms with E-state index in [-0.39, 0.29) is 30.1 Å². The van der Waals surface area contributed by atoms with Gasteiger partial charge in [-0.1, -0.05) is 5.16 Å². The molecule has 1 amide bonds. The first kappa shape index (κ1) is 20.2. The number of nitrogens with one attached hydrogen (secondary N) is 1. The van der Waals surface area contributed by atoms with E-state index in [1.165, 1.54) is 0 Å². The Kier molecular flexibility index (Phi) is 5.96. The Morgan fingerprint density at radius 3 is 2.71 bits per heavy atom. The van der Waals surface area contributed by atoms with Crippen LogP contribution in [0, 0.1) is 13.8 Å². The maximum absolute atomic E-state index is 12.8. The highest BCUT2D eigenvalue weighted by Crippen LogP contribution is 2.26. The highest BCUT2D eigenvalue weighted by molar-refractivity contribution is 5.95. The molecular formula is C20H31N6O2+. The van der Waals surface area contributed by atoms with Gasteiger partial charge in [0.15, 0.2) is 11.9 Å². The number of carbonyl (C=O) groups excluding carboxylic acids is 1. The van der Waals surface area contributed by atoms with E-state index in [9.17, 15) is 4.79 Å². The number of amides is 1. The van der Waals surface area contributed by atoms with Crippen LogP contribution in [0.1, 0.15) is 86.3 Å². The van der Waals surface area contributed by atoms with Crippen LogP contribution in [0.2, 0.25) is 0 Å². The highest BCUT2D eigenvalue weighted by Gasteiger charge is 2.34. The molecule has 28 heavy (non-hydrogen) atoms. The third-order valence-corrected chi connectivity index (χ3v) is 5.63. The fourth-order valence-corrected chi connectivity index (χ4v) is 3.97. The van der Waals surface area contributed by atoms with Gasteiger partial charge in [-0.25, -0.2) is 4.58 Å². The summed E-state index contributed by atoms with van der Waals surface area (Å²) < 4.78 is 9.21. The van der Waals surface area contributed by atoms with Gasteiger partial charge in [-0.3, -0.25) is 9.48 Å². The summed E-state index contributed by atoms with van der Waals surface area (Å²) in [5.74, 6) is 1.16. The number of carbonyl (C=O) groups is 1. The van der Waals surface area contributed by atoms with E-state index in [1.807, 2.05) is 30.0 Å². The molecule has 8 heteroatoms. The van der Waals surface area contributed by atoms with Crippen molar-refractivity contribution in [1.29, 1.82) is 0 Å². The first-order valence-electron chi connectivity index (χ1n) is 10.0. The van der Waals surface area contributed by atoms with E-state index in [2.05, 4.69) is 41.1 Å². The average Bonchev–Trinajstić information content (AvgIpc) is 3.26. The van der Waals surface area contributed by atoms with Crippen LogP contribution in [0.3, 0.4) is 0 Å². The third-order valence-electron chi connectivity index (χ3n) is 5.63. The lowest BCUT2D eigenvalue weighted by atomic mass is 9.90. The number of nitrogens with zero attached hydrogens (tertiary/aromatic N) is 5. The Labute approximate surface area is 166 Å². The Morgan fingerprint density at radius 2 is 2.11 bits per heavy atom. The Balaban J connectivity index is 1.63. The van der Waals surface area contributed by atoms with Crippen LogP contribution in [0.15, 0.2) is 10.7 Å². The zero-order valence-corrected chi connectivity index (χ0v) is 17.5. The molecule has 1 aliphatic rings. The number of hydrogen-bond donors (Lipinski definition) is 1. The van der Waals surface area contributed by atoms with Gasteiger partial charge in [-0.2, -0.15) is 10.1 Å². The van der Waals surface area contributed by atoms with Crippen molar-refractivity contribution in [3.63, 3.8) is 0 Å². The van der Waals surface area contributed by atoms with E-state index >= 15 is 0 Å². The summed E-state index contributed by atoms with van der Waals surface area (Å²) in [4.78, 5) is 17.1. The smallest absolute Gasteiger partial charge is 0.294 e. The monoisotopic (exact) mass is 387 g/mol.